The molecule has 0 amide bonds. The van der Waals surface area contributed by atoms with E-state index in [4.69, 9.17) is 4.74 Å². The standard InChI is InChI=1S/C12H13IO3/c1-9(12(14)15-2)6-7-16-11-5-3-4-10(13)8-11/h3-6,8H,7H2,1-2H3. The largest absolute Gasteiger partial charge is 0.489 e. The topological polar surface area (TPSA) is 35.5 Å². The van der Waals surface area contributed by atoms with Crippen LogP contribution in [0.3, 0.4) is 0 Å². The van der Waals surface area contributed by atoms with Gasteiger partial charge in [-0.25, -0.2) is 4.79 Å². The summed E-state index contributed by atoms with van der Waals surface area (Å²) in [7, 11) is 1.36. The van der Waals surface area contributed by atoms with Gasteiger partial charge in [0.1, 0.15) is 12.4 Å². The van der Waals surface area contributed by atoms with Gasteiger partial charge in [0.2, 0.25) is 0 Å². The van der Waals surface area contributed by atoms with Crippen molar-refractivity contribution in [3.05, 3.63) is 39.5 Å². The van der Waals surface area contributed by atoms with Crippen LogP contribution >= 0.6 is 22.6 Å². The second kappa shape index (κ2) is 6.52. The Morgan fingerprint density at radius 2 is 2.25 bits per heavy atom. The third-order valence-corrected chi connectivity index (χ3v) is 2.61. The Morgan fingerprint density at radius 1 is 1.50 bits per heavy atom. The summed E-state index contributed by atoms with van der Waals surface area (Å²) in [6.45, 7) is 2.06. The van der Waals surface area contributed by atoms with Gasteiger partial charge in [0.05, 0.1) is 7.11 Å². The zero-order valence-corrected chi connectivity index (χ0v) is 11.4. The van der Waals surface area contributed by atoms with Crippen LogP contribution < -0.4 is 4.74 Å². The first-order valence-electron chi connectivity index (χ1n) is 4.77. The number of carbonyl (C=O) groups is 1. The molecule has 0 aliphatic heterocycles. The van der Waals surface area contributed by atoms with Crippen molar-refractivity contribution >= 4 is 28.6 Å². The van der Waals surface area contributed by atoms with E-state index in [-0.39, 0.29) is 5.97 Å². The molecule has 0 bridgehead atoms. The number of carbonyl (C=O) groups excluding carboxylic acids is 1. The Hall–Kier alpha value is -1.04. The Morgan fingerprint density at radius 3 is 2.88 bits per heavy atom. The molecule has 16 heavy (non-hydrogen) atoms. The fourth-order valence-electron chi connectivity index (χ4n) is 1.06. The number of hydrogen-bond acceptors (Lipinski definition) is 3. The maximum atomic E-state index is 11.1. The Labute approximate surface area is 109 Å². The lowest BCUT2D eigenvalue weighted by atomic mass is 10.3. The van der Waals surface area contributed by atoms with Gasteiger partial charge in [-0.05, 0) is 53.8 Å². The van der Waals surface area contributed by atoms with Crippen LogP contribution in [0.4, 0.5) is 0 Å². The Kier molecular flexibility index (Phi) is 5.31. The number of halogens is 1. The minimum atomic E-state index is -0.328. The van der Waals surface area contributed by atoms with Gasteiger partial charge in [-0.2, -0.15) is 0 Å². The van der Waals surface area contributed by atoms with E-state index in [9.17, 15) is 4.79 Å². The van der Waals surface area contributed by atoms with Crippen molar-refractivity contribution in [2.45, 2.75) is 6.92 Å². The molecule has 3 nitrogen and oxygen atoms in total. The molecule has 0 N–H and O–H groups in total. The smallest absolute Gasteiger partial charge is 0.333 e. The number of esters is 1. The van der Waals surface area contributed by atoms with Crippen LogP contribution in [0.5, 0.6) is 5.75 Å². The second-order valence-electron chi connectivity index (χ2n) is 3.15. The highest BCUT2D eigenvalue weighted by molar-refractivity contribution is 14.1. The number of rotatable bonds is 4. The van der Waals surface area contributed by atoms with E-state index in [2.05, 4.69) is 27.3 Å². The molecule has 0 atom stereocenters. The molecule has 0 aliphatic carbocycles. The van der Waals surface area contributed by atoms with Crippen molar-refractivity contribution in [2.24, 2.45) is 0 Å². The average molecular weight is 332 g/mol. The summed E-state index contributed by atoms with van der Waals surface area (Å²) in [5, 5.41) is 0. The minimum Gasteiger partial charge on any atom is -0.489 e. The lowest BCUT2D eigenvalue weighted by molar-refractivity contribution is -0.136. The molecule has 1 aromatic rings. The van der Waals surface area contributed by atoms with E-state index in [1.165, 1.54) is 7.11 Å². The van der Waals surface area contributed by atoms with Crippen molar-refractivity contribution in [3.63, 3.8) is 0 Å². The maximum absolute atomic E-state index is 11.1. The van der Waals surface area contributed by atoms with Gasteiger partial charge >= 0.3 is 5.97 Å². The Balaban J connectivity index is 2.50. The van der Waals surface area contributed by atoms with Crippen molar-refractivity contribution in [2.75, 3.05) is 13.7 Å². The van der Waals surface area contributed by atoms with Crippen molar-refractivity contribution in [3.8, 4) is 5.75 Å². The summed E-state index contributed by atoms with van der Waals surface area (Å²) in [5.41, 5.74) is 0.549. The summed E-state index contributed by atoms with van der Waals surface area (Å²) < 4.78 is 11.1. The summed E-state index contributed by atoms with van der Waals surface area (Å²) >= 11 is 2.22. The first-order valence-corrected chi connectivity index (χ1v) is 5.85. The summed E-state index contributed by atoms with van der Waals surface area (Å²) in [4.78, 5) is 11.1. The monoisotopic (exact) mass is 332 g/mol. The van der Waals surface area contributed by atoms with E-state index in [0.29, 0.717) is 12.2 Å². The van der Waals surface area contributed by atoms with Crippen LogP contribution in [0.25, 0.3) is 0 Å². The second-order valence-corrected chi connectivity index (χ2v) is 4.39. The van der Waals surface area contributed by atoms with E-state index in [1.807, 2.05) is 24.3 Å². The molecule has 86 valence electrons. The number of hydrogen-bond donors (Lipinski definition) is 0. The molecule has 0 fully saturated rings. The van der Waals surface area contributed by atoms with Crippen LogP contribution in [0.1, 0.15) is 6.92 Å². The van der Waals surface area contributed by atoms with Crippen molar-refractivity contribution < 1.29 is 14.3 Å². The number of benzene rings is 1. The zero-order valence-electron chi connectivity index (χ0n) is 9.20. The van der Waals surface area contributed by atoms with Gasteiger partial charge < -0.3 is 9.47 Å². The first kappa shape index (κ1) is 13.0. The molecule has 4 heteroatoms. The molecule has 0 spiro atoms. The third kappa shape index (κ3) is 4.22. The predicted octanol–water partition coefficient (Wildman–Crippen LogP) is 2.79. The van der Waals surface area contributed by atoms with Gasteiger partial charge in [-0.15, -0.1) is 0 Å². The van der Waals surface area contributed by atoms with Crippen LogP contribution in [0, 0.1) is 3.57 Å². The molecule has 1 aromatic carbocycles. The third-order valence-electron chi connectivity index (χ3n) is 1.94. The van der Waals surface area contributed by atoms with Gasteiger partial charge in [-0.3, -0.25) is 0 Å². The highest BCUT2D eigenvalue weighted by atomic mass is 127. The normalized spacial score (nSPS) is 11.1. The molecule has 0 aliphatic rings. The molecule has 0 heterocycles. The molecule has 0 radical (unpaired) electrons. The molecule has 0 saturated carbocycles. The van der Waals surface area contributed by atoms with Crippen molar-refractivity contribution in [1.29, 1.82) is 0 Å². The highest BCUT2D eigenvalue weighted by Crippen LogP contribution is 2.14. The zero-order chi connectivity index (χ0) is 12.0. The molecular weight excluding hydrogens is 319 g/mol. The predicted molar refractivity (Wildman–Crippen MR) is 70.4 cm³/mol. The van der Waals surface area contributed by atoms with Crippen LogP contribution in [0.15, 0.2) is 35.9 Å². The summed E-state index contributed by atoms with van der Waals surface area (Å²) in [6.07, 6.45) is 1.70. The summed E-state index contributed by atoms with van der Waals surface area (Å²) in [6, 6.07) is 7.72. The Bertz CT molecular complexity index is 399. The molecule has 0 unspecified atom stereocenters. The van der Waals surface area contributed by atoms with Crippen molar-refractivity contribution in [1.82, 2.24) is 0 Å². The highest BCUT2D eigenvalue weighted by Gasteiger charge is 2.01. The van der Waals surface area contributed by atoms with Gasteiger partial charge in [-0.1, -0.05) is 6.07 Å². The van der Waals surface area contributed by atoms with Gasteiger partial charge in [0.15, 0.2) is 0 Å². The van der Waals surface area contributed by atoms with Gasteiger partial charge in [0.25, 0.3) is 0 Å². The van der Waals surface area contributed by atoms with Crippen LogP contribution in [-0.2, 0) is 9.53 Å². The quantitative estimate of drug-likeness (QED) is 0.483. The fraction of sp³-hybridized carbons (Fsp3) is 0.250. The molecule has 0 saturated heterocycles. The van der Waals surface area contributed by atoms with E-state index in [1.54, 1.807) is 13.0 Å². The van der Waals surface area contributed by atoms with Crippen LogP contribution in [-0.4, -0.2) is 19.7 Å². The molecule has 0 aromatic heterocycles. The SMILES string of the molecule is COC(=O)C(C)=CCOc1cccc(I)c1. The average Bonchev–Trinajstić information content (AvgIpc) is 2.28. The lowest BCUT2D eigenvalue weighted by Crippen LogP contribution is -2.04. The van der Waals surface area contributed by atoms with Crippen LogP contribution in [0.2, 0.25) is 0 Å². The first-order chi connectivity index (χ1) is 7.63. The van der Waals surface area contributed by atoms with E-state index >= 15 is 0 Å². The number of ether oxygens (including phenoxy) is 2. The van der Waals surface area contributed by atoms with Gasteiger partial charge in [0, 0.05) is 9.14 Å². The lowest BCUT2D eigenvalue weighted by Gasteiger charge is -2.04. The van der Waals surface area contributed by atoms with E-state index < -0.39 is 0 Å². The molecular formula is C12H13IO3. The van der Waals surface area contributed by atoms with E-state index in [0.717, 1.165) is 9.32 Å². The fourth-order valence-corrected chi connectivity index (χ4v) is 1.58. The minimum absolute atomic E-state index is 0.328. The number of methoxy groups -OCH3 is 1. The summed E-state index contributed by atoms with van der Waals surface area (Å²) in [5.74, 6) is 0.465. The molecule has 1 rings (SSSR count). The maximum Gasteiger partial charge on any atom is 0.333 e.